The maximum absolute atomic E-state index is 12.9. The Kier molecular flexibility index (Phi) is 3.77. The lowest BCUT2D eigenvalue weighted by Crippen LogP contribution is -2.33. The summed E-state index contributed by atoms with van der Waals surface area (Å²) in [7, 11) is 0. The van der Waals surface area contributed by atoms with Crippen molar-refractivity contribution in [2.45, 2.75) is 24.8 Å². The van der Waals surface area contributed by atoms with Crippen LogP contribution in [0.3, 0.4) is 0 Å². The van der Waals surface area contributed by atoms with Crippen LogP contribution in [0.15, 0.2) is 18.2 Å². The van der Waals surface area contributed by atoms with E-state index in [-0.39, 0.29) is 0 Å². The summed E-state index contributed by atoms with van der Waals surface area (Å²) in [6, 6.07) is 3.98. The van der Waals surface area contributed by atoms with Crippen LogP contribution in [0.25, 0.3) is 0 Å². The number of nitrogens with one attached hydrogen (secondary N) is 1. The molecular weight excluding hydrogens is 232 g/mol. The molecule has 0 saturated heterocycles. The summed E-state index contributed by atoms with van der Waals surface area (Å²) in [5, 5.41) is 3.55. The second kappa shape index (κ2) is 5.11. The summed E-state index contributed by atoms with van der Waals surface area (Å²) in [4.78, 5) is 0. The van der Waals surface area contributed by atoms with Crippen LogP contribution in [0, 0.1) is 17.6 Å². The van der Waals surface area contributed by atoms with Gasteiger partial charge in [0, 0.05) is 11.9 Å². The van der Waals surface area contributed by atoms with Crippen molar-refractivity contribution in [1.82, 2.24) is 5.32 Å². The van der Waals surface area contributed by atoms with E-state index in [4.69, 9.17) is 11.6 Å². The van der Waals surface area contributed by atoms with E-state index >= 15 is 0 Å². The lowest BCUT2D eigenvalue weighted by molar-refractivity contribution is 0.308. The maximum Gasteiger partial charge on any atom is 0.159 e. The molecule has 0 bridgehead atoms. The van der Waals surface area contributed by atoms with E-state index in [2.05, 4.69) is 5.32 Å². The summed E-state index contributed by atoms with van der Waals surface area (Å²) in [5.41, 5.74) is 0.764. The second-order valence-corrected chi connectivity index (χ2v) is 4.93. The molecule has 2 rings (SSSR count). The molecule has 1 N–H and O–H groups in total. The third-order valence-corrected chi connectivity index (χ3v) is 3.28. The lowest BCUT2D eigenvalue weighted by atomic mass is 9.85. The van der Waals surface area contributed by atoms with E-state index in [0.29, 0.717) is 17.8 Å². The Bertz CT molecular complexity index is 364. The van der Waals surface area contributed by atoms with Crippen molar-refractivity contribution in [2.24, 2.45) is 5.92 Å². The summed E-state index contributed by atoms with van der Waals surface area (Å²) in [6.45, 7) is 1.46. The molecule has 0 spiro atoms. The third kappa shape index (κ3) is 2.92. The van der Waals surface area contributed by atoms with Crippen molar-refractivity contribution in [1.29, 1.82) is 0 Å². The second-order valence-electron chi connectivity index (χ2n) is 4.31. The lowest BCUT2D eigenvalue weighted by Gasteiger charge is -2.30. The molecule has 1 aliphatic carbocycles. The van der Waals surface area contributed by atoms with Crippen molar-refractivity contribution in [3.63, 3.8) is 0 Å². The van der Waals surface area contributed by atoms with Crippen LogP contribution in [-0.4, -0.2) is 11.9 Å². The average molecular weight is 246 g/mol. The molecule has 1 aromatic rings. The number of rotatable bonds is 4. The quantitative estimate of drug-likeness (QED) is 0.804. The highest BCUT2D eigenvalue weighted by molar-refractivity contribution is 6.21. The molecule has 0 aromatic heterocycles. The Hall–Kier alpha value is -0.670. The molecule has 0 heterocycles. The van der Waals surface area contributed by atoms with Gasteiger partial charge in [0.1, 0.15) is 0 Å². The predicted octanol–water partition coefficient (Wildman–Crippen LogP) is 3.07. The Balaban J connectivity index is 1.74. The molecule has 1 fully saturated rings. The van der Waals surface area contributed by atoms with Crippen LogP contribution in [0.4, 0.5) is 8.78 Å². The van der Waals surface area contributed by atoms with E-state index in [9.17, 15) is 8.78 Å². The molecule has 0 unspecified atom stereocenters. The molecule has 1 aromatic carbocycles. The molecule has 0 atom stereocenters. The van der Waals surface area contributed by atoms with Gasteiger partial charge >= 0.3 is 0 Å². The van der Waals surface area contributed by atoms with E-state index in [1.165, 1.54) is 6.07 Å². The van der Waals surface area contributed by atoms with Crippen LogP contribution in [0.5, 0.6) is 0 Å². The molecule has 0 aliphatic heterocycles. The van der Waals surface area contributed by atoms with Crippen LogP contribution in [0.1, 0.15) is 18.4 Å². The highest BCUT2D eigenvalue weighted by atomic mass is 35.5. The normalized spacial score (nSPS) is 24.2. The van der Waals surface area contributed by atoms with E-state index < -0.39 is 11.6 Å². The van der Waals surface area contributed by atoms with Gasteiger partial charge < -0.3 is 5.32 Å². The van der Waals surface area contributed by atoms with E-state index in [0.717, 1.165) is 31.0 Å². The predicted molar refractivity (Wildman–Crippen MR) is 60.4 cm³/mol. The average Bonchev–Trinajstić information content (AvgIpc) is 2.21. The molecule has 88 valence electrons. The molecule has 1 nitrogen and oxygen atoms in total. The van der Waals surface area contributed by atoms with Gasteiger partial charge in [0.25, 0.3) is 0 Å². The summed E-state index contributed by atoms with van der Waals surface area (Å²) >= 11 is 5.86. The van der Waals surface area contributed by atoms with E-state index in [1.807, 2.05) is 0 Å². The topological polar surface area (TPSA) is 12.0 Å². The number of hydrogen-bond acceptors (Lipinski definition) is 1. The monoisotopic (exact) mass is 245 g/mol. The largest absolute Gasteiger partial charge is 0.312 e. The summed E-state index contributed by atoms with van der Waals surface area (Å²) < 4.78 is 25.5. The number of hydrogen-bond donors (Lipinski definition) is 1. The fraction of sp³-hybridized carbons (Fsp3) is 0.500. The zero-order chi connectivity index (χ0) is 11.5. The zero-order valence-electron chi connectivity index (χ0n) is 8.85. The Morgan fingerprint density at radius 3 is 2.62 bits per heavy atom. The molecule has 1 saturated carbocycles. The highest BCUT2D eigenvalue weighted by Crippen LogP contribution is 2.31. The van der Waals surface area contributed by atoms with Gasteiger partial charge in [-0.1, -0.05) is 6.07 Å². The fourth-order valence-electron chi connectivity index (χ4n) is 1.89. The first-order valence-corrected chi connectivity index (χ1v) is 5.87. The van der Waals surface area contributed by atoms with Crippen LogP contribution in [0.2, 0.25) is 0 Å². The minimum absolute atomic E-state index is 0.329. The van der Waals surface area contributed by atoms with Crippen molar-refractivity contribution in [3.05, 3.63) is 35.4 Å². The Labute approximate surface area is 98.8 Å². The number of halogens is 3. The van der Waals surface area contributed by atoms with Crippen molar-refractivity contribution in [2.75, 3.05) is 6.54 Å². The Morgan fingerprint density at radius 2 is 2.00 bits per heavy atom. The molecule has 0 radical (unpaired) electrons. The first kappa shape index (κ1) is 11.8. The Morgan fingerprint density at radius 1 is 1.25 bits per heavy atom. The van der Waals surface area contributed by atoms with Crippen molar-refractivity contribution >= 4 is 11.6 Å². The molecule has 1 aliphatic rings. The van der Waals surface area contributed by atoms with Gasteiger partial charge in [0.2, 0.25) is 0 Å². The van der Waals surface area contributed by atoms with Gasteiger partial charge in [0.05, 0.1) is 0 Å². The zero-order valence-corrected chi connectivity index (χ0v) is 9.61. The third-order valence-electron chi connectivity index (χ3n) is 2.92. The highest BCUT2D eigenvalue weighted by Gasteiger charge is 2.26. The minimum atomic E-state index is -0.798. The van der Waals surface area contributed by atoms with Gasteiger partial charge in [-0.2, -0.15) is 0 Å². The van der Waals surface area contributed by atoms with Crippen molar-refractivity contribution < 1.29 is 8.78 Å². The van der Waals surface area contributed by atoms with Gasteiger partial charge in [-0.15, -0.1) is 11.6 Å². The SMILES string of the molecule is Fc1ccc(CNCC2CC(Cl)C2)cc1F. The summed E-state index contributed by atoms with van der Waals surface area (Å²) in [6.07, 6.45) is 2.10. The first-order valence-electron chi connectivity index (χ1n) is 5.44. The molecule has 0 amide bonds. The fourth-order valence-corrected chi connectivity index (χ4v) is 2.40. The maximum atomic E-state index is 12.9. The number of benzene rings is 1. The van der Waals surface area contributed by atoms with Gasteiger partial charge in [-0.05, 0) is 43.0 Å². The van der Waals surface area contributed by atoms with E-state index in [1.54, 1.807) is 6.07 Å². The molecular formula is C12H14ClF2N. The van der Waals surface area contributed by atoms with Gasteiger partial charge in [0.15, 0.2) is 11.6 Å². The summed E-state index contributed by atoms with van der Waals surface area (Å²) in [5.74, 6) is -0.954. The van der Waals surface area contributed by atoms with Crippen molar-refractivity contribution in [3.8, 4) is 0 Å². The van der Waals surface area contributed by atoms with Gasteiger partial charge in [-0.25, -0.2) is 8.78 Å². The molecule has 16 heavy (non-hydrogen) atoms. The van der Waals surface area contributed by atoms with Crippen LogP contribution in [-0.2, 0) is 6.54 Å². The van der Waals surface area contributed by atoms with Crippen LogP contribution < -0.4 is 5.32 Å². The number of alkyl halides is 1. The van der Waals surface area contributed by atoms with Gasteiger partial charge in [-0.3, -0.25) is 0 Å². The standard InChI is InChI=1S/C12H14ClF2N/c13-10-3-9(4-10)7-16-6-8-1-2-11(14)12(15)5-8/h1-2,5,9-10,16H,3-4,6-7H2. The minimum Gasteiger partial charge on any atom is -0.312 e. The van der Waals surface area contributed by atoms with Crippen LogP contribution >= 0.6 is 11.6 Å². The first-order chi connectivity index (χ1) is 7.65. The molecule has 4 heteroatoms. The smallest absolute Gasteiger partial charge is 0.159 e.